The van der Waals surface area contributed by atoms with Gasteiger partial charge in [-0.05, 0) is 72.8 Å². The number of phenols is 1. The van der Waals surface area contributed by atoms with Crippen LogP contribution < -0.4 is 0 Å². The summed E-state index contributed by atoms with van der Waals surface area (Å²) in [6.45, 7) is 0. The number of phenolic OH excluding ortho intramolecular Hbond substituents is 1. The molecule has 27 heavy (non-hydrogen) atoms. The van der Waals surface area contributed by atoms with Crippen molar-refractivity contribution in [1.82, 2.24) is 0 Å². The van der Waals surface area contributed by atoms with E-state index in [9.17, 15) is 5.11 Å². The van der Waals surface area contributed by atoms with Gasteiger partial charge in [0.15, 0.2) is 14.7 Å². The maximum absolute atomic E-state index is 9.43. The second-order valence-corrected chi connectivity index (χ2v) is 9.17. The molecule has 0 aliphatic carbocycles. The molecule has 4 rings (SSSR count). The molecule has 4 aromatic carbocycles. The summed E-state index contributed by atoms with van der Waals surface area (Å²) in [5, 5.41) is 9.43. The minimum atomic E-state index is -0.115. The Morgan fingerprint density at radius 1 is 0.481 bits per heavy atom. The predicted octanol–water partition coefficient (Wildman–Crippen LogP) is 6.64. The van der Waals surface area contributed by atoms with E-state index in [1.165, 1.54) is 19.6 Å². The minimum absolute atomic E-state index is 0.115. The van der Waals surface area contributed by atoms with Gasteiger partial charge in [-0.1, -0.05) is 48.2 Å². The van der Waals surface area contributed by atoms with E-state index in [1.807, 2.05) is 12.1 Å². The van der Waals surface area contributed by atoms with Crippen LogP contribution in [0.2, 0.25) is 0 Å². The van der Waals surface area contributed by atoms with Crippen molar-refractivity contribution in [2.24, 2.45) is 0 Å². The number of rotatable bonds is 5. The fraction of sp³-hybridized carbons (Fsp3) is 0. The van der Waals surface area contributed by atoms with Crippen molar-refractivity contribution >= 4 is 22.7 Å². The fourth-order valence-corrected chi connectivity index (χ4v) is 5.72. The van der Waals surface area contributed by atoms with Crippen molar-refractivity contribution in [3.05, 3.63) is 109 Å². The molecule has 1 N–H and O–H groups in total. The van der Waals surface area contributed by atoms with Gasteiger partial charge in [0.25, 0.3) is 0 Å². The molecule has 4 aromatic rings. The van der Waals surface area contributed by atoms with E-state index in [4.69, 9.17) is 0 Å². The Labute approximate surface area is 167 Å². The Hall–Kier alpha value is -2.62. The molecule has 0 aromatic heterocycles. The van der Waals surface area contributed by atoms with E-state index >= 15 is 0 Å². The van der Waals surface area contributed by atoms with Gasteiger partial charge in [0, 0.05) is 9.79 Å². The molecule has 0 saturated heterocycles. The molecule has 0 aliphatic rings. The summed E-state index contributed by atoms with van der Waals surface area (Å²) in [5.74, 6) is 0.296. The topological polar surface area (TPSA) is 20.2 Å². The molecule has 0 radical (unpaired) electrons. The van der Waals surface area contributed by atoms with Crippen LogP contribution >= 0.6 is 11.8 Å². The lowest BCUT2D eigenvalue weighted by Gasteiger charge is -2.08. The molecule has 0 heterocycles. The van der Waals surface area contributed by atoms with E-state index in [2.05, 4.69) is 84.9 Å². The Morgan fingerprint density at radius 3 is 1.37 bits per heavy atom. The first-order valence-electron chi connectivity index (χ1n) is 8.71. The van der Waals surface area contributed by atoms with E-state index < -0.39 is 0 Å². The van der Waals surface area contributed by atoms with Gasteiger partial charge in [0.2, 0.25) is 0 Å². The highest BCUT2D eigenvalue weighted by Gasteiger charge is 2.28. The van der Waals surface area contributed by atoms with Gasteiger partial charge in [-0.2, -0.15) is 0 Å². The first-order valence-corrected chi connectivity index (χ1v) is 10.7. The van der Waals surface area contributed by atoms with Crippen molar-refractivity contribution < 1.29 is 5.11 Å². The van der Waals surface area contributed by atoms with Gasteiger partial charge < -0.3 is 5.11 Å². The zero-order chi connectivity index (χ0) is 18.5. The lowest BCUT2D eigenvalue weighted by atomic mass is 10.3. The lowest BCUT2D eigenvalue weighted by Crippen LogP contribution is -2.04. The average molecular weight is 388 g/mol. The van der Waals surface area contributed by atoms with E-state index in [0.29, 0.717) is 5.75 Å². The van der Waals surface area contributed by atoms with E-state index in [0.717, 1.165) is 4.90 Å². The molecule has 0 unspecified atom stereocenters. The standard InChI is InChI=1S/C24H18OS2/c25-19-11-13-20(14-12-19)26-21-15-17-24(18-16-21)27(22-7-3-1-4-8-22)23-9-5-2-6-10-23/h1-18H/p+1. The molecular weight excluding hydrogens is 368 g/mol. The maximum atomic E-state index is 9.43. The lowest BCUT2D eigenvalue weighted by molar-refractivity contribution is 0.475. The van der Waals surface area contributed by atoms with Crippen LogP contribution in [0, 0.1) is 0 Å². The van der Waals surface area contributed by atoms with Gasteiger partial charge in [-0.3, -0.25) is 0 Å². The highest BCUT2D eigenvalue weighted by atomic mass is 32.2. The molecule has 0 aliphatic heterocycles. The fourth-order valence-electron chi connectivity index (χ4n) is 2.82. The summed E-state index contributed by atoms with van der Waals surface area (Å²) in [6, 6.07) is 37.5. The Morgan fingerprint density at radius 2 is 0.889 bits per heavy atom. The third-order valence-electron chi connectivity index (χ3n) is 4.09. The Bertz CT molecular complexity index is 942. The van der Waals surface area contributed by atoms with Crippen molar-refractivity contribution in [3.8, 4) is 5.75 Å². The molecule has 3 heteroatoms. The molecule has 0 amide bonds. The smallest absolute Gasteiger partial charge is 0.166 e. The Kier molecular flexibility index (Phi) is 5.52. The average Bonchev–Trinajstić information content (AvgIpc) is 2.73. The van der Waals surface area contributed by atoms with Crippen LogP contribution in [0.5, 0.6) is 5.75 Å². The quantitative estimate of drug-likeness (QED) is 0.387. The van der Waals surface area contributed by atoms with Crippen molar-refractivity contribution in [2.45, 2.75) is 24.5 Å². The van der Waals surface area contributed by atoms with Gasteiger partial charge in [-0.15, -0.1) is 0 Å². The third-order valence-corrected chi connectivity index (χ3v) is 7.34. The monoisotopic (exact) mass is 387 g/mol. The first-order chi connectivity index (χ1) is 13.3. The molecule has 0 fully saturated rings. The summed E-state index contributed by atoms with van der Waals surface area (Å²) >= 11 is 1.70. The van der Waals surface area contributed by atoms with Crippen LogP contribution in [0.3, 0.4) is 0 Å². The zero-order valence-electron chi connectivity index (χ0n) is 14.7. The third kappa shape index (κ3) is 4.38. The van der Waals surface area contributed by atoms with Crippen LogP contribution in [0.25, 0.3) is 0 Å². The van der Waals surface area contributed by atoms with Gasteiger partial charge in [-0.25, -0.2) is 0 Å². The number of hydrogen-bond acceptors (Lipinski definition) is 2. The summed E-state index contributed by atoms with van der Waals surface area (Å²) in [7, 11) is -0.115. The highest BCUT2D eigenvalue weighted by molar-refractivity contribution is 7.99. The van der Waals surface area contributed by atoms with Crippen LogP contribution in [0.15, 0.2) is 134 Å². The number of hydrogen-bond donors (Lipinski definition) is 1. The summed E-state index contributed by atoms with van der Waals surface area (Å²) in [6.07, 6.45) is 0. The second kappa shape index (κ2) is 8.38. The second-order valence-electron chi connectivity index (χ2n) is 6.00. The molecule has 132 valence electrons. The molecule has 1 nitrogen and oxygen atoms in total. The summed E-state index contributed by atoms with van der Waals surface area (Å²) < 4.78 is 0. The molecular formula is C24H19OS2+. The Balaban J connectivity index is 1.64. The maximum Gasteiger partial charge on any atom is 0.166 e. The highest BCUT2D eigenvalue weighted by Crippen LogP contribution is 2.34. The van der Waals surface area contributed by atoms with Crippen LogP contribution in [-0.2, 0) is 10.9 Å². The predicted molar refractivity (Wildman–Crippen MR) is 114 cm³/mol. The SMILES string of the molecule is Oc1ccc(Sc2ccc([S+](c3ccccc3)c3ccccc3)cc2)cc1. The summed E-state index contributed by atoms with van der Waals surface area (Å²) in [5.41, 5.74) is 0. The van der Waals surface area contributed by atoms with Crippen molar-refractivity contribution in [1.29, 1.82) is 0 Å². The zero-order valence-corrected chi connectivity index (χ0v) is 16.3. The largest absolute Gasteiger partial charge is 0.508 e. The molecule has 0 saturated carbocycles. The number of aromatic hydroxyl groups is 1. The summed E-state index contributed by atoms with van der Waals surface area (Å²) in [4.78, 5) is 6.26. The van der Waals surface area contributed by atoms with Crippen LogP contribution in [-0.4, -0.2) is 5.11 Å². The van der Waals surface area contributed by atoms with E-state index in [-0.39, 0.29) is 10.9 Å². The first kappa shape index (κ1) is 17.8. The number of benzene rings is 4. The molecule has 0 bridgehead atoms. The van der Waals surface area contributed by atoms with Crippen molar-refractivity contribution in [2.75, 3.05) is 0 Å². The van der Waals surface area contributed by atoms with Crippen molar-refractivity contribution in [3.63, 3.8) is 0 Å². The molecule has 0 spiro atoms. The normalized spacial score (nSPS) is 10.9. The van der Waals surface area contributed by atoms with E-state index in [1.54, 1.807) is 23.9 Å². The van der Waals surface area contributed by atoms with Gasteiger partial charge >= 0.3 is 0 Å². The van der Waals surface area contributed by atoms with Gasteiger partial charge in [0.05, 0.1) is 10.9 Å². The van der Waals surface area contributed by atoms with Gasteiger partial charge in [0.1, 0.15) is 5.75 Å². The van der Waals surface area contributed by atoms with Crippen LogP contribution in [0.1, 0.15) is 0 Å². The minimum Gasteiger partial charge on any atom is -0.508 e. The van der Waals surface area contributed by atoms with Crippen LogP contribution in [0.4, 0.5) is 0 Å². The molecule has 0 atom stereocenters.